The summed E-state index contributed by atoms with van der Waals surface area (Å²) < 4.78 is 10.8. The predicted molar refractivity (Wildman–Crippen MR) is 134 cm³/mol. The lowest BCUT2D eigenvalue weighted by molar-refractivity contribution is 0.0980. The Labute approximate surface area is 204 Å². The van der Waals surface area contributed by atoms with Crippen molar-refractivity contribution >= 4 is 33.4 Å². The predicted octanol–water partition coefficient (Wildman–Crippen LogP) is 5.21. The molecule has 8 nitrogen and oxygen atoms in total. The molecule has 0 bridgehead atoms. The Bertz CT molecular complexity index is 1650. The largest absolute Gasteiger partial charge is 0.403 e. The first kappa shape index (κ1) is 23.0. The molecule has 5 aromatic rings. The normalized spacial score (nSPS) is 11.2. The fourth-order valence-corrected chi connectivity index (χ4v) is 3.90. The van der Waals surface area contributed by atoms with Crippen LogP contribution in [0.25, 0.3) is 44.7 Å². The number of ketones is 2. The van der Waals surface area contributed by atoms with Crippen molar-refractivity contribution in [3.05, 3.63) is 92.6 Å². The molecule has 3 aromatic carbocycles. The summed E-state index contributed by atoms with van der Waals surface area (Å²) in [7, 11) is 0. The molecular weight excluding hydrogens is 460 g/mol. The fraction of sp³-hybridized carbons (Fsp3) is 0.143. The van der Waals surface area contributed by atoms with Crippen LogP contribution in [0.15, 0.2) is 79.1 Å². The first-order valence-corrected chi connectivity index (χ1v) is 11.4. The van der Waals surface area contributed by atoms with Gasteiger partial charge in [-0.05, 0) is 60.7 Å². The van der Waals surface area contributed by atoms with Crippen LogP contribution in [0, 0.1) is 0 Å². The average molecular weight is 480 g/mol. The molecule has 8 heteroatoms. The van der Waals surface area contributed by atoms with Crippen molar-refractivity contribution < 1.29 is 18.4 Å². The number of fused-ring (bicyclic) bond motifs is 2. The third-order valence-electron chi connectivity index (χ3n) is 5.92. The summed E-state index contributed by atoms with van der Waals surface area (Å²) in [5, 5.41) is 0.473. The average Bonchev–Trinajstić information content (AvgIpc) is 2.91. The van der Waals surface area contributed by atoms with Crippen molar-refractivity contribution in [2.24, 2.45) is 0 Å². The van der Waals surface area contributed by atoms with Crippen molar-refractivity contribution in [1.82, 2.24) is 9.97 Å². The molecule has 0 aliphatic rings. The summed E-state index contributed by atoms with van der Waals surface area (Å²) in [4.78, 5) is 57.9. The van der Waals surface area contributed by atoms with Crippen molar-refractivity contribution in [3.8, 4) is 22.9 Å². The van der Waals surface area contributed by atoms with E-state index in [0.717, 1.165) is 0 Å². The summed E-state index contributed by atoms with van der Waals surface area (Å²) in [5.74, 6) is 0.101. The van der Waals surface area contributed by atoms with Gasteiger partial charge in [0.25, 0.3) is 0 Å². The second-order valence-corrected chi connectivity index (χ2v) is 8.21. The number of hydrogen-bond donors (Lipinski definition) is 0. The van der Waals surface area contributed by atoms with Crippen LogP contribution >= 0.6 is 0 Å². The molecule has 36 heavy (non-hydrogen) atoms. The molecule has 178 valence electrons. The van der Waals surface area contributed by atoms with E-state index in [2.05, 4.69) is 9.97 Å². The number of Topliss-reactive ketones (excluding diaryl/α,β-unsaturated/α-hetero) is 2. The standard InChI is InChI=1S/C28H20N2O6/c1-3-23(31)17-9-11-21-19(13-17)27(33)35-25(29-21)15-5-7-16(8-6-15)26-30-22-12-10-18(24(32)4-2)14-20(22)28(34)36-26/h5-14H,3-4H2,1-2H3. The quantitative estimate of drug-likeness (QED) is 0.304. The molecule has 0 spiro atoms. The number of nitrogens with zero attached hydrogens (tertiary/aromatic N) is 2. The summed E-state index contributed by atoms with van der Waals surface area (Å²) in [6, 6.07) is 16.2. The van der Waals surface area contributed by atoms with Gasteiger partial charge in [-0.3, -0.25) is 9.59 Å². The topological polar surface area (TPSA) is 120 Å². The summed E-state index contributed by atoms with van der Waals surface area (Å²) in [6.45, 7) is 3.51. The van der Waals surface area contributed by atoms with E-state index in [1.54, 1.807) is 62.4 Å². The number of carbonyl (C=O) groups is 2. The maximum absolute atomic E-state index is 12.6. The van der Waals surface area contributed by atoms with Gasteiger partial charge in [-0.1, -0.05) is 13.8 Å². The molecule has 0 radical (unpaired) electrons. The lowest BCUT2D eigenvalue weighted by Gasteiger charge is -2.06. The Balaban J connectivity index is 1.49. The van der Waals surface area contributed by atoms with Gasteiger partial charge >= 0.3 is 11.3 Å². The summed E-state index contributed by atoms with van der Waals surface area (Å²) in [6.07, 6.45) is 0.668. The Kier molecular flexibility index (Phi) is 5.85. The van der Waals surface area contributed by atoms with Gasteiger partial charge in [-0.15, -0.1) is 0 Å². The van der Waals surface area contributed by atoms with E-state index in [1.165, 1.54) is 12.1 Å². The van der Waals surface area contributed by atoms with Crippen LogP contribution in [0.5, 0.6) is 0 Å². The van der Waals surface area contributed by atoms with Gasteiger partial charge < -0.3 is 8.83 Å². The van der Waals surface area contributed by atoms with E-state index in [9.17, 15) is 19.2 Å². The van der Waals surface area contributed by atoms with Gasteiger partial charge in [-0.2, -0.15) is 0 Å². The zero-order chi connectivity index (χ0) is 25.4. The van der Waals surface area contributed by atoms with Gasteiger partial charge in [-0.25, -0.2) is 19.6 Å². The molecule has 0 N–H and O–H groups in total. The highest BCUT2D eigenvalue weighted by atomic mass is 16.4. The number of hydrogen-bond acceptors (Lipinski definition) is 8. The minimum atomic E-state index is -0.590. The minimum absolute atomic E-state index is 0.0696. The van der Waals surface area contributed by atoms with Gasteiger partial charge in [0.1, 0.15) is 0 Å². The van der Waals surface area contributed by atoms with Crippen LogP contribution in [-0.2, 0) is 0 Å². The molecule has 0 fully saturated rings. The van der Waals surface area contributed by atoms with Gasteiger partial charge in [0.05, 0.1) is 21.8 Å². The van der Waals surface area contributed by atoms with Crippen molar-refractivity contribution in [3.63, 3.8) is 0 Å². The molecule has 0 atom stereocenters. The molecule has 0 aliphatic heterocycles. The Morgan fingerprint density at radius 1 is 0.639 bits per heavy atom. The third kappa shape index (κ3) is 4.13. The number of benzene rings is 3. The molecule has 0 saturated heterocycles. The van der Waals surface area contributed by atoms with Crippen LogP contribution in [0.2, 0.25) is 0 Å². The third-order valence-corrected chi connectivity index (χ3v) is 5.92. The van der Waals surface area contributed by atoms with Crippen LogP contribution < -0.4 is 11.3 Å². The maximum atomic E-state index is 12.6. The zero-order valence-electron chi connectivity index (χ0n) is 19.5. The van der Waals surface area contributed by atoms with Crippen molar-refractivity contribution in [2.45, 2.75) is 26.7 Å². The Morgan fingerprint density at radius 3 is 1.39 bits per heavy atom. The molecule has 2 aromatic heterocycles. The smallest absolute Gasteiger partial charge is 0.347 e. The van der Waals surface area contributed by atoms with E-state index < -0.39 is 11.3 Å². The Hall–Kier alpha value is -4.72. The molecule has 0 aliphatic carbocycles. The van der Waals surface area contributed by atoms with Crippen molar-refractivity contribution in [2.75, 3.05) is 0 Å². The SMILES string of the molecule is CCC(=O)c1ccc2nc(-c3ccc(-c4nc5ccc(C(=O)CC)cc5c(=O)o4)cc3)oc(=O)c2c1. The molecule has 0 saturated carbocycles. The van der Waals surface area contributed by atoms with Crippen molar-refractivity contribution in [1.29, 1.82) is 0 Å². The second kappa shape index (κ2) is 9.14. The lowest BCUT2D eigenvalue weighted by atomic mass is 10.1. The van der Waals surface area contributed by atoms with E-state index in [-0.39, 0.29) is 34.1 Å². The van der Waals surface area contributed by atoms with Gasteiger partial charge in [0, 0.05) is 35.1 Å². The zero-order valence-corrected chi connectivity index (χ0v) is 19.5. The van der Waals surface area contributed by atoms with Crippen LogP contribution in [0.1, 0.15) is 47.4 Å². The summed E-state index contributed by atoms with van der Waals surface area (Å²) >= 11 is 0. The highest BCUT2D eigenvalue weighted by Gasteiger charge is 2.14. The fourth-order valence-electron chi connectivity index (χ4n) is 3.90. The first-order chi connectivity index (χ1) is 17.4. The molecule has 5 rings (SSSR count). The molecule has 0 unspecified atom stereocenters. The van der Waals surface area contributed by atoms with Crippen LogP contribution in [0.4, 0.5) is 0 Å². The van der Waals surface area contributed by atoms with E-state index >= 15 is 0 Å². The van der Waals surface area contributed by atoms with Crippen LogP contribution in [0.3, 0.4) is 0 Å². The summed E-state index contributed by atoms with van der Waals surface area (Å²) in [5.41, 5.74) is 1.61. The molecule has 2 heterocycles. The number of rotatable bonds is 6. The van der Waals surface area contributed by atoms with E-state index in [4.69, 9.17) is 8.83 Å². The lowest BCUT2D eigenvalue weighted by Crippen LogP contribution is -2.06. The monoisotopic (exact) mass is 480 g/mol. The van der Waals surface area contributed by atoms with E-state index in [0.29, 0.717) is 46.1 Å². The maximum Gasteiger partial charge on any atom is 0.347 e. The number of aromatic nitrogens is 2. The Morgan fingerprint density at radius 2 is 1.03 bits per heavy atom. The van der Waals surface area contributed by atoms with E-state index in [1.807, 2.05) is 0 Å². The minimum Gasteiger partial charge on any atom is -0.403 e. The van der Waals surface area contributed by atoms with Gasteiger partial charge in [0.15, 0.2) is 11.6 Å². The molecule has 0 amide bonds. The number of carbonyl (C=O) groups excluding carboxylic acids is 2. The molecular formula is C28H20N2O6. The highest BCUT2D eigenvalue weighted by Crippen LogP contribution is 2.25. The highest BCUT2D eigenvalue weighted by molar-refractivity contribution is 5.99. The second-order valence-electron chi connectivity index (χ2n) is 8.21. The van der Waals surface area contributed by atoms with Gasteiger partial charge in [0.2, 0.25) is 11.8 Å². The van der Waals surface area contributed by atoms with Crippen LogP contribution in [-0.4, -0.2) is 21.5 Å². The first-order valence-electron chi connectivity index (χ1n) is 11.4.